The van der Waals surface area contributed by atoms with Gasteiger partial charge in [-0.2, -0.15) is 0 Å². The van der Waals surface area contributed by atoms with Gasteiger partial charge in [-0.25, -0.2) is 0 Å². The molecule has 2 fully saturated rings. The van der Waals surface area contributed by atoms with E-state index < -0.39 is 16.9 Å². The number of ether oxygens (including phenoxy) is 1. The Balaban J connectivity index is 1.99. The summed E-state index contributed by atoms with van der Waals surface area (Å²) in [6.45, 7) is 3.72. The van der Waals surface area contributed by atoms with Gasteiger partial charge in [-0.15, -0.1) is 0 Å². The molecule has 0 amide bonds. The predicted octanol–water partition coefficient (Wildman–Crippen LogP) is 4.03. The van der Waals surface area contributed by atoms with Crippen molar-refractivity contribution in [2.45, 2.75) is 52.1 Å². The fourth-order valence-electron chi connectivity index (χ4n) is 3.67. The highest BCUT2D eigenvalue weighted by Crippen LogP contribution is 2.53. The summed E-state index contributed by atoms with van der Waals surface area (Å²) in [6, 6.07) is 3.60. The fraction of sp³-hybridized carbons (Fsp3) is 0.625. The molecule has 0 bridgehead atoms. The summed E-state index contributed by atoms with van der Waals surface area (Å²) in [6.07, 6.45) is 3.53. The monoisotopic (exact) mass is 402 g/mol. The third kappa shape index (κ3) is 2.24. The van der Waals surface area contributed by atoms with Crippen molar-refractivity contribution in [2.24, 2.45) is 10.8 Å². The minimum Gasteiger partial charge on any atom is -0.452 e. The highest BCUT2D eigenvalue weighted by atomic mass is 127. The highest BCUT2D eigenvalue weighted by Gasteiger charge is 2.60. The van der Waals surface area contributed by atoms with Crippen LogP contribution in [0.15, 0.2) is 16.5 Å². The van der Waals surface area contributed by atoms with E-state index in [2.05, 4.69) is 22.6 Å². The lowest BCUT2D eigenvalue weighted by Crippen LogP contribution is -2.55. The number of hydrogen-bond acceptors (Lipinski definition) is 4. The predicted molar refractivity (Wildman–Crippen MR) is 84.6 cm³/mol. The Morgan fingerprint density at radius 2 is 1.81 bits per heavy atom. The third-order valence-electron chi connectivity index (χ3n) is 4.85. The molecule has 1 atom stereocenters. The first-order chi connectivity index (χ1) is 9.88. The molecule has 1 saturated heterocycles. The molecule has 1 aromatic rings. The van der Waals surface area contributed by atoms with Gasteiger partial charge in [-0.05, 0) is 61.4 Å². The first kappa shape index (κ1) is 15.1. The minimum atomic E-state index is -0.919. The number of furan rings is 1. The first-order valence-corrected chi connectivity index (χ1v) is 8.47. The molecule has 1 aliphatic heterocycles. The van der Waals surface area contributed by atoms with Gasteiger partial charge in [0.15, 0.2) is 15.7 Å². The van der Waals surface area contributed by atoms with Crippen LogP contribution in [0.5, 0.6) is 0 Å². The third-order valence-corrected chi connectivity index (χ3v) is 5.43. The number of cyclic esters (lactones) is 1. The molecule has 1 aromatic heterocycles. The molecule has 0 radical (unpaired) electrons. The Morgan fingerprint density at radius 3 is 2.38 bits per heavy atom. The normalized spacial score (nSPS) is 27.7. The Hall–Kier alpha value is -0.850. The lowest BCUT2D eigenvalue weighted by atomic mass is 9.61. The largest absolute Gasteiger partial charge is 0.452 e. The summed E-state index contributed by atoms with van der Waals surface area (Å²) in [5.41, 5.74) is -1.68. The van der Waals surface area contributed by atoms with E-state index in [0.29, 0.717) is 18.6 Å². The van der Waals surface area contributed by atoms with Gasteiger partial charge < -0.3 is 9.15 Å². The number of hydrogen-bond donors (Lipinski definition) is 0. The number of carbonyl (C=O) groups excluding carboxylic acids is 2. The van der Waals surface area contributed by atoms with Crippen molar-refractivity contribution < 1.29 is 18.7 Å². The first-order valence-electron chi connectivity index (χ1n) is 7.39. The van der Waals surface area contributed by atoms with Crippen molar-refractivity contribution in [3.8, 4) is 0 Å². The van der Waals surface area contributed by atoms with Gasteiger partial charge in [0.05, 0.1) is 5.41 Å². The van der Waals surface area contributed by atoms with Crippen molar-refractivity contribution in [1.82, 2.24) is 0 Å². The maximum Gasteiger partial charge on any atom is 0.320 e. The van der Waals surface area contributed by atoms with E-state index in [-0.39, 0.29) is 11.8 Å². The minimum absolute atomic E-state index is 0.0161. The molecule has 2 heterocycles. The average Bonchev–Trinajstić information content (AvgIpc) is 2.89. The molecule has 3 rings (SSSR count). The molecule has 5 heteroatoms. The number of Topliss-reactive ketones (excluding diaryl/α,β-unsaturated/α-hetero) is 1. The molecule has 114 valence electrons. The van der Waals surface area contributed by atoms with Crippen LogP contribution in [-0.2, 0) is 14.3 Å². The fourth-order valence-corrected chi connectivity index (χ4v) is 4.10. The van der Waals surface area contributed by atoms with Crippen molar-refractivity contribution in [1.29, 1.82) is 0 Å². The van der Waals surface area contributed by atoms with Crippen LogP contribution < -0.4 is 0 Å². The molecule has 4 nitrogen and oxygen atoms in total. The van der Waals surface area contributed by atoms with Crippen LogP contribution in [0.25, 0.3) is 0 Å². The lowest BCUT2D eigenvalue weighted by Gasteiger charge is -2.46. The summed E-state index contributed by atoms with van der Waals surface area (Å²) in [7, 11) is 0. The summed E-state index contributed by atoms with van der Waals surface area (Å²) >= 11 is 2.06. The van der Waals surface area contributed by atoms with E-state index in [9.17, 15) is 9.59 Å². The second-order valence-corrected chi connectivity index (χ2v) is 7.68. The van der Waals surface area contributed by atoms with Gasteiger partial charge in [-0.1, -0.05) is 19.3 Å². The molecule has 1 aliphatic carbocycles. The van der Waals surface area contributed by atoms with Gasteiger partial charge >= 0.3 is 5.97 Å². The van der Waals surface area contributed by atoms with Crippen LogP contribution in [0.3, 0.4) is 0 Å². The molecule has 0 N–H and O–H groups in total. The summed E-state index contributed by atoms with van der Waals surface area (Å²) in [5.74, 6) is 0.210. The van der Waals surface area contributed by atoms with E-state index in [1.54, 1.807) is 6.07 Å². The number of ketones is 1. The van der Waals surface area contributed by atoms with Crippen LogP contribution >= 0.6 is 22.6 Å². The molecular weight excluding hydrogens is 383 g/mol. The zero-order valence-electron chi connectivity index (χ0n) is 12.3. The van der Waals surface area contributed by atoms with Gasteiger partial charge in [0.1, 0.15) is 11.2 Å². The zero-order chi connectivity index (χ0) is 15.3. The van der Waals surface area contributed by atoms with Crippen LogP contribution in [0.1, 0.15) is 57.8 Å². The van der Waals surface area contributed by atoms with Gasteiger partial charge in [-0.3, -0.25) is 9.59 Å². The van der Waals surface area contributed by atoms with E-state index in [4.69, 9.17) is 9.15 Å². The number of halogens is 1. The second-order valence-electron chi connectivity index (χ2n) is 6.62. The van der Waals surface area contributed by atoms with E-state index in [0.717, 1.165) is 23.0 Å². The topological polar surface area (TPSA) is 56.5 Å². The molecular formula is C16H19IO4. The molecule has 1 spiro atoms. The van der Waals surface area contributed by atoms with E-state index in [1.165, 1.54) is 0 Å². The lowest BCUT2D eigenvalue weighted by molar-refractivity contribution is -0.193. The van der Waals surface area contributed by atoms with Gasteiger partial charge in [0, 0.05) is 0 Å². The van der Waals surface area contributed by atoms with Crippen LogP contribution in [0.4, 0.5) is 0 Å². The standard InChI is InChI=1S/C16H19IO4/c1-15(2)12(10-6-7-11(17)20-10)21-14(19)16(13(15)18)8-4-3-5-9-16/h6-7,12H,3-5,8-9H2,1-2H3. The highest BCUT2D eigenvalue weighted by molar-refractivity contribution is 14.1. The maximum atomic E-state index is 13.1. The zero-order valence-corrected chi connectivity index (χ0v) is 14.4. The van der Waals surface area contributed by atoms with E-state index in [1.807, 2.05) is 19.9 Å². The Morgan fingerprint density at radius 1 is 1.14 bits per heavy atom. The molecule has 1 saturated carbocycles. The quantitative estimate of drug-likeness (QED) is 0.405. The maximum absolute atomic E-state index is 13.1. The molecule has 21 heavy (non-hydrogen) atoms. The average molecular weight is 402 g/mol. The van der Waals surface area contributed by atoms with Crippen LogP contribution in [0.2, 0.25) is 0 Å². The number of rotatable bonds is 1. The Kier molecular flexibility index (Phi) is 3.66. The van der Waals surface area contributed by atoms with Crippen molar-refractivity contribution in [3.05, 3.63) is 21.7 Å². The SMILES string of the molecule is CC1(C)C(=O)C2(CCCCC2)C(=O)OC1c1ccc(I)o1. The van der Waals surface area contributed by atoms with Crippen molar-refractivity contribution >= 4 is 34.3 Å². The molecule has 1 unspecified atom stereocenters. The molecule has 2 aliphatic rings. The summed E-state index contributed by atoms with van der Waals surface area (Å²) in [4.78, 5) is 25.7. The van der Waals surface area contributed by atoms with Crippen molar-refractivity contribution in [2.75, 3.05) is 0 Å². The smallest absolute Gasteiger partial charge is 0.320 e. The summed E-state index contributed by atoms with van der Waals surface area (Å²) < 4.78 is 12.0. The Labute approximate surface area is 137 Å². The number of carbonyl (C=O) groups is 2. The Bertz CT molecular complexity index is 581. The van der Waals surface area contributed by atoms with Crippen molar-refractivity contribution in [3.63, 3.8) is 0 Å². The van der Waals surface area contributed by atoms with Gasteiger partial charge in [0.25, 0.3) is 0 Å². The van der Waals surface area contributed by atoms with Crippen LogP contribution in [0, 0.1) is 14.6 Å². The second kappa shape index (κ2) is 5.11. The van der Waals surface area contributed by atoms with Crippen LogP contribution in [-0.4, -0.2) is 11.8 Å². The van der Waals surface area contributed by atoms with E-state index >= 15 is 0 Å². The molecule has 0 aromatic carbocycles. The number of esters is 1. The summed E-state index contributed by atoms with van der Waals surface area (Å²) in [5, 5.41) is 0. The van der Waals surface area contributed by atoms with Gasteiger partial charge in [0.2, 0.25) is 0 Å².